The molecule has 0 bridgehead atoms. The van der Waals surface area contributed by atoms with Crippen LogP contribution in [0.5, 0.6) is 0 Å². The van der Waals surface area contributed by atoms with Crippen molar-refractivity contribution in [2.24, 2.45) is 0 Å². The van der Waals surface area contributed by atoms with Crippen LogP contribution in [0.25, 0.3) is 0 Å². The number of hydrogen-bond donors (Lipinski definition) is 1. The molecule has 25 heavy (non-hydrogen) atoms. The highest BCUT2D eigenvalue weighted by atomic mass is 16.1. The first-order valence-electron chi connectivity index (χ1n) is 9.18. The summed E-state index contributed by atoms with van der Waals surface area (Å²) in [6.07, 6.45) is 8.35. The zero-order valence-corrected chi connectivity index (χ0v) is 15.4. The van der Waals surface area contributed by atoms with Crippen molar-refractivity contribution in [1.29, 1.82) is 0 Å². The van der Waals surface area contributed by atoms with Gasteiger partial charge in [-0.2, -0.15) is 0 Å². The highest BCUT2D eigenvalue weighted by Crippen LogP contribution is 2.26. The second-order valence-electron chi connectivity index (χ2n) is 6.94. The van der Waals surface area contributed by atoms with E-state index in [-0.39, 0.29) is 5.91 Å². The fourth-order valence-corrected chi connectivity index (χ4v) is 3.50. The number of aromatic nitrogens is 1. The van der Waals surface area contributed by atoms with Crippen molar-refractivity contribution < 1.29 is 4.79 Å². The third-order valence-corrected chi connectivity index (χ3v) is 5.18. The van der Waals surface area contributed by atoms with E-state index in [0.29, 0.717) is 11.6 Å². The summed E-state index contributed by atoms with van der Waals surface area (Å²) in [5.41, 5.74) is 4.87. The Bertz CT molecular complexity index is 757. The predicted octanol–water partition coefficient (Wildman–Crippen LogP) is 4.72. The normalized spacial score (nSPS) is 17.4. The molecule has 0 radical (unpaired) electrons. The topological polar surface area (TPSA) is 45.2 Å². The molecule has 0 spiro atoms. The number of nitrogens with zero attached hydrogens (tertiary/aromatic N) is 2. The van der Waals surface area contributed by atoms with Crippen molar-refractivity contribution >= 4 is 17.3 Å². The molecule has 1 fully saturated rings. The summed E-state index contributed by atoms with van der Waals surface area (Å²) in [6, 6.07) is 8.49. The summed E-state index contributed by atoms with van der Waals surface area (Å²) in [4.78, 5) is 19.4. The van der Waals surface area contributed by atoms with Crippen LogP contribution >= 0.6 is 0 Å². The average Bonchev–Trinajstić information content (AvgIpc) is 2.64. The van der Waals surface area contributed by atoms with Gasteiger partial charge in [-0.1, -0.05) is 13.0 Å². The van der Waals surface area contributed by atoms with E-state index in [2.05, 4.69) is 36.0 Å². The zero-order valence-electron chi connectivity index (χ0n) is 15.4. The van der Waals surface area contributed by atoms with Gasteiger partial charge in [0, 0.05) is 24.5 Å². The lowest BCUT2D eigenvalue weighted by molar-refractivity contribution is 0.102. The number of aryl methyl sites for hydroxylation is 2. The average molecular weight is 337 g/mol. The third kappa shape index (κ3) is 4.01. The number of rotatable bonds is 4. The Morgan fingerprint density at radius 3 is 2.80 bits per heavy atom. The van der Waals surface area contributed by atoms with Crippen LogP contribution in [-0.4, -0.2) is 23.5 Å². The van der Waals surface area contributed by atoms with Gasteiger partial charge in [-0.15, -0.1) is 0 Å². The molecule has 1 aromatic heterocycles. The minimum absolute atomic E-state index is 0.109. The Labute approximate surface area is 150 Å². The van der Waals surface area contributed by atoms with Gasteiger partial charge < -0.3 is 10.2 Å². The highest BCUT2D eigenvalue weighted by molar-refractivity contribution is 6.04. The summed E-state index contributed by atoms with van der Waals surface area (Å²) in [5, 5.41) is 2.98. The lowest BCUT2D eigenvalue weighted by Gasteiger charge is -2.37. The molecule has 1 saturated heterocycles. The van der Waals surface area contributed by atoms with Crippen LogP contribution in [0.1, 0.15) is 54.1 Å². The van der Waals surface area contributed by atoms with E-state index in [1.807, 2.05) is 30.5 Å². The maximum absolute atomic E-state index is 12.6. The van der Waals surface area contributed by atoms with Gasteiger partial charge in [0.2, 0.25) is 0 Å². The zero-order chi connectivity index (χ0) is 17.8. The Balaban J connectivity index is 1.78. The molecular formula is C21H27N3O. The molecule has 1 aromatic carbocycles. The largest absolute Gasteiger partial charge is 0.367 e. The molecule has 2 aromatic rings. The van der Waals surface area contributed by atoms with Crippen molar-refractivity contribution in [3.05, 3.63) is 53.3 Å². The fourth-order valence-electron chi connectivity index (χ4n) is 3.50. The molecule has 0 saturated carbocycles. The van der Waals surface area contributed by atoms with Gasteiger partial charge in [-0.25, -0.2) is 0 Å². The van der Waals surface area contributed by atoms with Crippen molar-refractivity contribution in [1.82, 2.24) is 4.98 Å². The monoisotopic (exact) mass is 337 g/mol. The van der Waals surface area contributed by atoms with E-state index in [1.165, 1.54) is 30.4 Å². The van der Waals surface area contributed by atoms with Crippen molar-refractivity contribution in [3.63, 3.8) is 0 Å². The molecule has 1 atom stereocenters. The lowest BCUT2D eigenvalue weighted by atomic mass is 9.99. The van der Waals surface area contributed by atoms with Gasteiger partial charge in [0.25, 0.3) is 5.91 Å². The molecular weight excluding hydrogens is 310 g/mol. The number of pyridine rings is 1. The van der Waals surface area contributed by atoms with E-state index in [1.54, 1.807) is 6.20 Å². The van der Waals surface area contributed by atoms with E-state index >= 15 is 0 Å². The molecule has 2 heterocycles. The first-order chi connectivity index (χ1) is 12.1. The van der Waals surface area contributed by atoms with Crippen LogP contribution in [0.4, 0.5) is 11.4 Å². The van der Waals surface area contributed by atoms with Crippen molar-refractivity contribution in [3.8, 4) is 0 Å². The molecule has 1 aliphatic rings. The van der Waals surface area contributed by atoms with Crippen LogP contribution in [0, 0.1) is 13.8 Å². The quantitative estimate of drug-likeness (QED) is 0.878. The van der Waals surface area contributed by atoms with Crippen LogP contribution in [0.15, 0.2) is 36.7 Å². The van der Waals surface area contributed by atoms with E-state index in [0.717, 1.165) is 24.3 Å². The smallest absolute Gasteiger partial charge is 0.257 e. The molecule has 1 unspecified atom stereocenters. The molecule has 132 valence electrons. The first kappa shape index (κ1) is 17.5. The summed E-state index contributed by atoms with van der Waals surface area (Å²) in [6.45, 7) is 7.39. The number of anilines is 2. The number of hydrogen-bond acceptors (Lipinski definition) is 3. The van der Waals surface area contributed by atoms with Gasteiger partial charge in [-0.05, 0) is 68.9 Å². The van der Waals surface area contributed by atoms with E-state index in [9.17, 15) is 4.79 Å². The Morgan fingerprint density at radius 1 is 1.20 bits per heavy atom. The predicted molar refractivity (Wildman–Crippen MR) is 103 cm³/mol. The number of nitrogens with one attached hydrogen (secondary N) is 1. The summed E-state index contributed by atoms with van der Waals surface area (Å²) >= 11 is 0. The van der Waals surface area contributed by atoms with Crippen LogP contribution in [0.2, 0.25) is 0 Å². The molecule has 1 amide bonds. The lowest BCUT2D eigenvalue weighted by Crippen LogP contribution is -2.39. The minimum atomic E-state index is -0.109. The van der Waals surface area contributed by atoms with Gasteiger partial charge in [0.15, 0.2) is 0 Å². The first-order valence-corrected chi connectivity index (χ1v) is 9.18. The van der Waals surface area contributed by atoms with Crippen LogP contribution in [-0.2, 0) is 0 Å². The fraction of sp³-hybridized carbons (Fsp3) is 0.429. The van der Waals surface area contributed by atoms with Crippen LogP contribution < -0.4 is 10.2 Å². The van der Waals surface area contributed by atoms with Gasteiger partial charge >= 0.3 is 0 Å². The van der Waals surface area contributed by atoms with Gasteiger partial charge in [0.05, 0.1) is 17.4 Å². The van der Waals surface area contributed by atoms with E-state index < -0.39 is 0 Å². The number of piperidine rings is 1. The molecule has 4 nitrogen and oxygen atoms in total. The molecule has 1 N–H and O–H groups in total. The third-order valence-electron chi connectivity index (χ3n) is 5.18. The molecule has 1 aliphatic heterocycles. The Kier molecular flexibility index (Phi) is 5.37. The SMILES string of the molecule is CCC1CCCCN1c1cncc(C(=O)Nc2ccc(C)c(C)c2)c1. The number of amides is 1. The van der Waals surface area contributed by atoms with Crippen molar-refractivity contribution in [2.45, 2.75) is 52.5 Å². The summed E-state index contributed by atoms with van der Waals surface area (Å²) in [5.74, 6) is -0.109. The molecule has 4 heteroatoms. The highest BCUT2D eigenvalue weighted by Gasteiger charge is 2.22. The van der Waals surface area contributed by atoms with Crippen molar-refractivity contribution in [2.75, 3.05) is 16.8 Å². The maximum Gasteiger partial charge on any atom is 0.257 e. The standard InChI is InChI=1S/C21H27N3O/c1-4-19-7-5-6-10-24(19)20-12-17(13-22-14-20)21(25)23-18-9-8-15(2)16(3)11-18/h8-9,11-14,19H,4-7,10H2,1-3H3,(H,23,25). The summed E-state index contributed by atoms with van der Waals surface area (Å²) in [7, 11) is 0. The number of carbonyl (C=O) groups excluding carboxylic acids is 1. The second-order valence-corrected chi connectivity index (χ2v) is 6.94. The van der Waals surface area contributed by atoms with Crippen LogP contribution in [0.3, 0.4) is 0 Å². The summed E-state index contributed by atoms with van der Waals surface area (Å²) < 4.78 is 0. The Hall–Kier alpha value is -2.36. The number of benzene rings is 1. The minimum Gasteiger partial charge on any atom is -0.367 e. The van der Waals surface area contributed by atoms with E-state index in [4.69, 9.17) is 0 Å². The molecule has 3 rings (SSSR count). The Morgan fingerprint density at radius 2 is 2.04 bits per heavy atom. The number of carbonyl (C=O) groups is 1. The van der Waals surface area contributed by atoms with Gasteiger partial charge in [-0.3, -0.25) is 9.78 Å². The maximum atomic E-state index is 12.6. The van der Waals surface area contributed by atoms with Gasteiger partial charge in [0.1, 0.15) is 0 Å². The second kappa shape index (κ2) is 7.68. The molecule has 0 aliphatic carbocycles.